The molecule has 11 atom stereocenters. The fourth-order valence-electron chi connectivity index (χ4n) is 9.43. The van der Waals surface area contributed by atoms with E-state index in [9.17, 15) is 15.3 Å². The molecular weight excluding hydrogens is 400 g/mol. The van der Waals surface area contributed by atoms with Gasteiger partial charge in [-0.3, -0.25) is 0 Å². The second kappa shape index (κ2) is 7.29. The summed E-state index contributed by atoms with van der Waals surface area (Å²) in [6, 6.07) is 0. The smallest absolute Gasteiger partial charge is 0.117 e. The maximum atomic E-state index is 11.7. The van der Waals surface area contributed by atoms with Crippen molar-refractivity contribution in [2.45, 2.75) is 122 Å². The third-order valence-electron chi connectivity index (χ3n) is 11.7. The lowest BCUT2D eigenvalue weighted by Crippen LogP contribution is -2.72. The highest BCUT2D eigenvalue weighted by atomic mass is 16.6. The van der Waals surface area contributed by atoms with Gasteiger partial charge in [-0.25, -0.2) is 0 Å². The first kappa shape index (κ1) is 23.3. The first-order chi connectivity index (χ1) is 14.9. The molecule has 4 nitrogen and oxygen atoms in total. The SMILES string of the molecule is CC(=CCC(C)C1CCC2C1(C)CCC1C23OC3C(O)C2(O)CC(O)CCC12C)C(C)C. The highest BCUT2D eigenvalue weighted by molar-refractivity contribution is 5.32. The lowest BCUT2D eigenvalue weighted by atomic mass is 9.42. The minimum absolute atomic E-state index is 0.240. The van der Waals surface area contributed by atoms with Crippen molar-refractivity contribution >= 4 is 0 Å². The van der Waals surface area contributed by atoms with E-state index in [1.807, 2.05) is 0 Å². The summed E-state index contributed by atoms with van der Waals surface area (Å²) in [5, 5.41) is 33.4. The standard InChI is InChI=1S/C28H46O4/c1-16(2)17(3)7-8-18(4)20-9-10-21-25(20,5)13-12-22-26(6)14-11-19(29)15-27(26,31)23(30)24-28(21,22)32-24/h7,16,18-24,29-31H,8-15H2,1-6H3. The van der Waals surface area contributed by atoms with E-state index in [0.717, 1.165) is 19.3 Å². The van der Waals surface area contributed by atoms with Gasteiger partial charge in [0.05, 0.1) is 6.10 Å². The number of aliphatic hydroxyl groups excluding tert-OH is 2. The van der Waals surface area contributed by atoms with Gasteiger partial charge in [0, 0.05) is 11.8 Å². The molecule has 182 valence electrons. The average molecular weight is 447 g/mol. The molecule has 4 aliphatic carbocycles. The molecule has 3 N–H and O–H groups in total. The molecule has 4 saturated carbocycles. The summed E-state index contributed by atoms with van der Waals surface area (Å²) < 4.78 is 6.57. The third kappa shape index (κ3) is 2.82. The summed E-state index contributed by atoms with van der Waals surface area (Å²) in [6.45, 7) is 13.9. The van der Waals surface area contributed by atoms with Crippen molar-refractivity contribution in [3.63, 3.8) is 0 Å². The van der Waals surface area contributed by atoms with Crippen LogP contribution in [-0.4, -0.2) is 44.8 Å². The lowest BCUT2D eigenvalue weighted by molar-refractivity contribution is -0.246. The molecule has 11 unspecified atom stereocenters. The minimum Gasteiger partial charge on any atom is -0.393 e. The molecule has 0 radical (unpaired) electrons. The molecule has 5 aliphatic rings. The second-order valence-corrected chi connectivity index (χ2v) is 13.2. The number of epoxide rings is 1. The molecule has 1 aliphatic heterocycles. The van der Waals surface area contributed by atoms with E-state index < -0.39 is 17.8 Å². The van der Waals surface area contributed by atoms with Crippen LogP contribution in [0, 0.1) is 40.4 Å². The zero-order valence-electron chi connectivity index (χ0n) is 21.1. The predicted molar refractivity (Wildman–Crippen MR) is 126 cm³/mol. The van der Waals surface area contributed by atoms with Crippen LogP contribution in [0.2, 0.25) is 0 Å². The van der Waals surface area contributed by atoms with Gasteiger partial charge in [-0.2, -0.15) is 0 Å². The van der Waals surface area contributed by atoms with Crippen molar-refractivity contribution < 1.29 is 20.1 Å². The number of rotatable bonds is 4. The zero-order chi connectivity index (χ0) is 23.3. The van der Waals surface area contributed by atoms with Crippen LogP contribution in [0.1, 0.15) is 92.9 Å². The maximum absolute atomic E-state index is 11.7. The van der Waals surface area contributed by atoms with Gasteiger partial charge < -0.3 is 20.1 Å². The molecule has 4 heteroatoms. The van der Waals surface area contributed by atoms with Gasteiger partial charge in [0.2, 0.25) is 0 Å². The molecule has 32 heavy (non-hydrogen) atoms. The number of hydrogen-bond donors (Lipinski definition) is 3. The fourth-order valence-corrected chi connectivity index (χ4v) is 9.43. The minimum atomic E-state index is -1.24. The molecule has 5 fully saturated rings. The second-order valence-electron chi connectivity index (χ2n) is 13.2. The highest BCUT2D eigenvalue weighted by Gasteiger charge is 2.84. The summed E-state index contributed by atoms with van der Waals surface area (Å²) in [7, 11) is 0. The Morgan fingerprint density at radius 3 is 2.44 bits per heavy atom. The van der Waals surface area contributed by atoms with Crippen molar-refractivity contribution in [1.29, 1.82) is 0 Å². The predicted octanol–water partition coefficient (Wildman–Crippen LogP) is 4.85. The van der Waals surface area contributed by atoms with Crippen LogP contribution in [-0.2, 0) is 4.74 Å². The van der Waals surface area contributed by atoms with E-state index in [1.54, 1.807) is 0 Å². The average Bonchev–Trinajstić information content (AvgIpc) is 3.34. The molecule has 0 aromatic carbocycles. The van der Waals surface area contributed by atoms with E-state index >= 15 is 0 Å². The Balaban J connectivity index is 1.43. The van der Waals surface area contributed by atoms with Gasteiger partial charge in [0.15, 0.2) is 0 Å². The number of ether oxygens (including phenoxy) is 1. The van der Waals surface area contributed by atoms with Gasteiger partial charge in [0.25, 0.3) is 0 Å². The largest absolute Gasteiger partial charge is 0.393 e. The molecule has 0 amide bonds. The van der Waals surface area contributed by atoms with E-state index in [0.29, 0.717) is 30.1 Å². The first-order valence-corrected chi connectivity index (χ1v) is 13.3. The van der Waals surface area contributed by atoms with Gasteiger partial charge in [-0.05, 0) is 86.9 Å². The molecule has 5 rings (SSSR count). The van der Waals surface area contributed by atoms with Crippen LogP contribution < -0.4 is 0 Å². The summed E-state index contributed by atoms with van der Waals surface area (Å²) in [4.78, 5) is 0. The van der Waals surface area contributed by atoms with Gasteiger partial charge in [0.1, 0.15) is 23.4 Å². The third-order valence-corrected chi connectivity index (χ3v) is 11.7. The fraction of sp³-hybridized carbons (Fsp3) is 0.929. The molecule has 0 bridgehead atoms. The van der Waals surface area contributed by atoms with Crippen LogP contribution in [0.3, 0.4) is 0 Å². The van der Waals surface area contributed by atoms with Crippen LogP contribution in [0.4, 0.5) is 0 Å². The molecule has 1 spiro atoms. The van der Waals surface area contributed by atoms with Crippen LogP contribution in [0.15, 0.2) is 11.6 Å². The van der Waals surface area contributed by atoms with E-state index in [4.69, 9.17) is 4.74 Å². The Labute approximate surface area is 194 Å². The van der Waals surface area contributed by atoms with Crippen LogP contribution >= 0.6 is 0 Å². The monoisotopic (exact) mass is 446 g/mol. The quantitative estimate of drug-likeness (QED) is 0.426. The Kier molecular flexibility index (Phi) is 5.31. The Morgan fingerprint density at radius 2 is 1.75 bits per heavy atom. The Bertz CT molecular complexity index is 792. The summed E-state index contributed by atoms with van der Waals surface area (Å²) in [6.07, 6.45) is 8.36. The maximum Gasteiger partial charge on any atom is 0.117 e. The number of allylic oxidation sites excluding steroid dienone is 2. The molecular formula is C28H46O4. The highest BCUT2D eigenvalue weighted by Crippen LogP contribution is 2.76. The van der Waals surface area contributed by atoms with Gasteiger partial charge >= 0.3 is 0 Å². The van der Waals surface area contributed by atoms with Gasteiger partial charge in [-0.1, -0.05) is 46.3 Å². The first-order valence-electron chi connectivity index (χ1n) is 13.3. The topological polar surface area (TPSA) is 73.2 Å². The van der Waals surface area contributed by atoms with Crippen molar-refractivity contribution in [3.8, 4) is 0 Å². The van der Waals surface area contributed by atoms with E-state index in [-0.39, 0.29) is 34.9 Å². The van der Waals surface area contributed by atoms with Crippen molar-refractivity contribution in [2.24, 2.45) is 40.4 Å². The molecule has 0 aromatic rings. The Morgan fingerprint density at radius 1 is 1.03 bits per heavy atom. The summed E-state index contributed by atoms with van der Waals surface area (Å²) in [5.41, 5.74) is -0.164. The number of aliphatic hydroxyl groups is 3. The number of hydrogen-bond acceptors (Lipinski definition) is 4. The summed E-state index contributed by atoms with van der Waals surface area (Å²) >= 11 is 0. The van der Waals surface area contributed by atoms with Gasteiger partial charge in [-0.15, -0.1) is 0 Å². The molecule has 1 saturated heterocycles. The molecule has 1 heterocycles. The summed E-state index contributed by atoms with van der Waals surface area (Å²) in [5.74, 6) is 2.68. The lowest BCUT2D eigenvalue weighted by Gasteiger charge is -2.63. The van der Waals surface area contributed by atoms with Crippen molar-refractivity contribution in [1.82, 2.24) is 0 Å². The normalized spacial score (nSPS) is 55.6. The van der Waals surface area contributed by atoms with Crippen LogP contribution in [0.25, 0.3) is 0 Å². The Hall–Kier alpha value is -0.420. The number of fused-ring (bicyclic) bond motifs is 3. The van der Waals surface area contributed by atoms with Crippen LogP contribution in [0.5, 0.6) is 0 Å². The van der Waals surface area contributed by atoms with Crippen molar-refractivity contribution in [2.75, 3.05) is 0 Å². The van der Waals surface area contributed by atoms with Crippen molar-refractivity contribution in [3.05, 3.63) is 11.6 Å². The van der Waals surface area contributed by atoms with E-state index in [1.165, 1.54) is 24.8 Å². The molecule has 0 aromatic heterocycles. The zero-order valence-corrected chi connectivity index (χ0v) is 21.1. The van der Waals surface area contributed by atoms with E-state index in [2.05, 4.69) is 47.6 Å².